The highest BCUT2D eigenvalue weighted by atomic mass is 16.4. The fourth-order valence-corrected chi connectivity index (χ4v) is 3.93. The quantitative estimate of drug-likeness (QED) is 0.427. The summed E-state index contributed by atoms with van der Waals surface area (Å²) in [4.78, 5) is 30.0. The summed E-state index contributed by atoms with van der Waals surface area (Å²) < 4.78 is 7.57. The average molecular weight is 456 g/mol. The summed E-state index contributed by atoms with van der Waals surface area (Å²) in [6.45, 7) is 2.02. The molecule has 0 saturated heterocycles. The number of nitrogens with zero attached hydrogens (tertiary/aromatic N) is 3. The zero-order chi connectivity index (χ0) is 23.5. The van der Waals surface area contributed by atoms with Crippen molar-refractivity contribution < 1.29 is 14.0 Å². The van der Waals surface area contributed by atoms with Crippen LogP contribution in [0.4, 0.5) is 5.69 Å². The SMILES string of the molecule is Cc1oc(-c2ccccc2NC(=O)C2CCC2)nc1CNC(=O)c1ccccc1-n1cccn1. The highest BCUT2D eigenvalue weighted by molar-refractivity contribution is 5.98. The second-order valence-corrected chi connectivity index (χ2v) is 8.34. The fraction of sp³-hybridized carbons (Fsp3) is 0.231. The first-order valence-corrected chi connectivity index (χ1v) is 11.3. The normalized spacial score (nSPS) is 13.3. The second-order valence-electron chi connectivity index (χ2n) is 8.34. The Hall–Kier alpha value is -4.20. The molecule has 2 N–H and O–H groups in total. The van der Waals surface area contributed by atoms with E-state index >= 15 is 0 Å². The molecule has 5 rings (SSSR count). The van der Waals surface area contributed by atoms with Gasteiger partial charge in [-0.3, -0.25) is 9.59 Å². The number of rotatable bonds is 7. The Bertz CT molecular complexity index is 1320. The van der Waals surface area contributed by atoms with Gasteiger partial charge in [-0.15, -0.1) is 0 Å². The first kappa shape index (κ1) is 21.6. The Balaban J connectivity index is 1.32. The minimum Gasteiger partial charge on any atom is -0.441 e. The molecule has 2 aromatic heterocycles. The van der Waals surface area contributed by atoms with Gasteiger partial charge in [0.15, 0.2) is 0 Å². The lowest BCUT2D eigenvalue weighted by Gasteiger charge is -2.24. The maximum Gasteiger partial charge on any atom is 0.253 e. The van der Waals surface area contributed by atoms with Crippen molar-refractivity contribution in [1.82, 2.24) is 20.1 Å². The molecule has 0 atom stereocenters. The molecule has 34 heavy (non-hydrogen) atoms. The Morgan fingerprint density at radius 1 is 1.09 bits per heavy atom. The summed E-state index contributed by atoms with van der Waals surface area (Å²) in [5.41, 5.74) is 3.21. The smallest absolute Gasteiger partial charge is 0.253 e. The van der Waals surface area contributed by atoms with Crippen molar-refractivity contribution in [3.63, 3.8) is 0 Å². The van der Waals surface area contributed by atoms with Crippen LogP contribution in [0.15, 0.2) is 71.4 Å². The van der Waals surface area contributed by atoms with Crippen LogP contribution >= 0.6 is 0 Å². The minimum atomic E-state index is -0.233. The van der Waals surface area contributed by atoms with E-state index in [0.717, 1.165) is 19.3 Å². The molecule has 1 aliphatic rings. The molecular formula is C26H25N5O3. The number of para-hydroxylation sites is 2. The number of benzene rings is 2. The van der Waals surface area contributed by atoms with Crippen molar-refractivity contribution in [3.8, 4) is 17.1 Å². The van der Waals surface area contributed by atoms with E-state index in [1.165, 1.54) is 0 Å². The summed E-state index contributed by atoms with van der Waals surface area (Å²) in [6.07, 6.45) is 6.42. The minimum absolute atomic E-state index is 0.0327. The van der Waals surface area contributed by atoms with Crippen LogP contribution in [0.3, 0.4) is 0 Å². The Morgan fingerprint density at radius 2 is 1.88 bits per heavy atom. The molecule has 4 aromatic rings. The monoisotopic (exact) mass is 455 g/mol. The largest absolute Gasteiger partial charge is 0.441 e. The van der Waals surface area contributed by atoms with Crippen LogP contribution in [0, 0.1) is 12.8 Å². The van der Waals surface area contributed by atoms with Crippen molar-refractivity contribution in [1.29, 1.82) is 0 Å². The van der Waals surface area contributed by atoms with Gasteiger partial charge in [0, 0.05) is 18.3 Å². The van der Waals surface area contributed by atoms with Gasteiger partial charge >= 0.3 is 0 Å². The predicted octanol–water partition coefficient (Wildman–Crippen LogP) is 4.50. The molecule has 2 amide bonds. The predicted molar refractivity (Wildman–Crippen MR) is 127 cm³/mol. The van der Waals surface area contributed by atoms with Crippen molar-refractivity contribution in [2.75, 3.05) is 5.32 Å². The molecule has 172 valence electrons. The molecule has 8 nitrogen and oxygen atoms in total. The van der Waals surface area contributed by atoms with Gasteiger partial charge in [0.25, 0.3) is 5.91 Å². The van der Waals surface area contributed by atoms with E-state index in [1.807, 2.05) is 49.4 Å². The van der Waals surface area contributed by atoms with Crippen LogP contribution in [0.2, 0.25) is 0 Å². The van der Waals surface area contributed by atoms with Crippen LogP contribution in [0.1, 0.15) is 41.1 Å². The van der Waals surface area contributed by atoms with Crippen molar-refractivity contribution in [2.24, 2.45) is 5.92 Å². The molecule has 2 aromatic carbocycles. The van der Waals surface area contributed by atoms with Crippen LogP contribution in [-0.4, -0.2) is 26.6 Å². The average Bonchev–Trinajstić information content (AvgIpc) is 3.47. The van der Waals surface area contributed by atoms with Gasteiger partial charge in [0.2, 0.25) is 11.8 Å². The van der Waals surface area contributed by atoms with Crippen LogP contribution in [-0.2, 0) is 11.3 Å². The fourth-order valence-electron chi connectivity index (χ4n) is 3.93. The van der Waals surface area contributed by atoms with Crippen molar-refractivity contribution in [2.45, 2.75) is 32.7 Å². The summed E-state index contributed by atoms with van der Waals surface area (Å²) in [5.74, 6) is 0.891. The maximum atomic E-state index is 12.9. The Kier molecular flexibility index (Phi) is 5.95. The van der Waals surface area contributed by atoms with E-state index in [2.05, 4.69) is 20.7 Å². The van der Waals surface area contributed by atoms with E-state index in [1.54, 1.807) is 29.2 Å². The molecular weight excluding hydrogens is 430 g/mol. The van der Waals surface area contributed by atoms with Gasteiger partial charge in [-0.1, -0.05) is 30.7 Å². The molecule has 1 fully saturated rings. The summed E-state index contributed by atoms with van der Waals surface area (Å²) in [5, 5.41) is 10.2. The molecule has 0 aliphatic heterocycles. The van der Waals surface area contributed by atoms with E-state index in [0.29, 0.717) is 39.8 Å². The molecule has 2 heterocycles. The van der Waals surface area contributed by atoms with E-state index < -0.39 is 0 Å². The topological polar surface area (TPSA) is 102 Å². The molecule has 0 unspecified atom stereocenters. The van der Waals surface area contributed by atoms with E-state index in [4.69, 9.17) is 4.42 Å². The van der Waals surface area contributed by atoms with Crippen LogP contribution in [0.5, 0.6) is 0 Å². The lowest BCUT2D eigenvalue weighted by molar-refractivity contribution is -0.122. The van der Waals surface area contributed by atoms with Gasteiger partial charge in [0.05, 0.1) is 29.0 Å². The molecule has 1 aliphatic carbocycles. The number of hydrogen-bond acceptors (Lipinski definition) is 5. The van der Waals surface area contributed by atoms with Gasteiger partial charge in [-0.05, 0) is 50.1 Å². The number of amides is 2. The van der Waals surface area contributed by atoms with Crippen molar-refractivity contribution >= 4 is 17.5 Å². The number of hydrogen-bond donors (Lipinski definition) is 2. The third-order valence-electron chi connectivity index (χ3n) is 6.10. The van der Waals surface area contributed by atoms with Crippen molar-refractivity contribution in [3.05, 3.63) is 84.0 Å². The summed E-state index contributed by atoms with van der Waals surface area (Å²) in [7, 11) is 0. The Labute approximate surface area is 197 Å². The Morgan fingerprint density at radius 3 is 2.65 bits per heavy atom. The number of nitrogens with one attached hydrogen (secondary N) is 2. The van der Waals surface area contributed by atoms with Gasteiger partial charge in [-0.25, -0.2) is 9.67 Å². The first-order valence-electron chi connectivity index (χ1n) is 11.3. The summed E-state index contributed by atoms with van der Waals surface area (Å²) in [6, 6.07) is 16.5. The number of aromatic nitrogens is 3. The van der Waals surface area contributed by atoms with Gasteiger partial charge < -0.3 is 15.1 Å². The van der Waals surface area contributed by atoms with Gasteiger partial charge in [0.1, 0.15) is 11.5 Å². The first-order chi connectivity index (χ1) is 16.6. The lowest BCUT2D eigenvalue weighted by atomic mass is 9.85. The number of aryl methyl sites for hydroxylation is 1. The third-order valence-corrected chi connectivity index (χ3v) is 6.10. The molecule has 0 spiro atoms. The number of carbonyl (C=O) groups is 2. The van der Waals surface area contributed by atoms with Crippen LogP contribution in [0.25, 0.3) is 17.1 Å². The number of oxazole rings is 1. The lowest BCUT2D eigenvalue weighted by Crippen LogP contribution is -2.28. The highest BCUT2D eigenvalue weighted by Gasteiger charge is 2.26. The molecule has 0 radical (unpaired) electrons. The van der Waals surface area contributed by atoms with Gasteiger partial charge in [-0.2, -0.15) is 5.10 Å². The van der Waals surface area contributed by atoms with E-state index in [-0.39, 0.29) is 24.3 Å². The van der Waals surface area contributed by atoms with Crippen LogP contribution < -0.4 is 10.6 Å². The molecule has 1 saturated carbocycles. The number of carbonyl (C=O) groups excluding carboxylic acids is 2. The second kappa shape index (κ2) is 9.35. The maximum absolute atomic E-state index is 12.9. The molecule has 8 heteroatoms. The molecule has 0 bridgehead atoms. The zero-order valence-electron chi connectivity index (χ0n) is 18.8. The third kappa shape index (κ3) is 4.34. The van der Waals surface area contributed by atoms with E-state index in [9.17, 15) is 9.59 Å². The standard InChI is InChI=1S/C26H25N5O3/c1-17-22(16-27-25(33)20-11-3-5-13-23(20)31-15-7-14-28-31)30-26(34-17)19-10-2-4-12-21(19)29-24(32)18-8-6-9-18/h2-5,7,10-15,18H,6,8-9,16H2,1H3,(H,27,33)(H,29,32). The zero-order valence-corrected chi connectivity index (χ0v) is 18.8. The highest BCUT2D eigenvalue weighted by Crippen LogP contribution is 2.32. The number of anilines is 1. The summed E-state index contributed by atoms with van der Waals surface area (Å²) >= 11 is 0.